The average Bonchev–Trinajstić information content (AvgIpc) is 3.62. The standard InChI is InChI=1S/C26H36N10O5S/c27-17(9-15-11-30-13-33-15)22(37)36-21(12-42)24(39)34-19(6-3-7-31-26(28)29)23(38)35-20(25(40)41)8-14-10-32-18-5-2-1-4-16(14)18/h1-2,4-5,10-11,13,17,19-21,32,42H,3,6-9,12,27H2,(H,30,33)(H,34,39)(H,35,38)(H,36,37)(H,40,41)(H4,28,29,31). The summed E-state index contributed by atoms with van der Waals surface area (Å²) < 4.78 is 0. The van der Waals surface area contributed by atoms with Crippen LogP contribution in [0, 0.1) is 0 Å². The Balaban J connectivity index is 1.69. The Morgan fingerprint density at radius 2 is 1.67 bits per heavy atom. The molecule has 2 heterocycles. The zero-order chi connectivity index (χ0) is 30.6. The van der Waals surface area contributed by atoms with Gasteiger partial charge in [-0.05, 0) is 24.5 Å². The maximum absolute atomic E-state index is 13.3. The highest BCUT2D eigenvalue weighted by Crippen LogP contribution is 2.19. The molecule has 16 heteroatoms. The maximum atomic E-state index is 13.3. The number of benzene rings is 1. The molecule has 42 heavy (non-hydrogen) atoms. The minimum absolute atomic E-state index is 0.00327. The Morgan fingerprint density at radius 1 is 0.976 bits per heavy atom. The number of aliphatic carboxylic acids is 1. The molecule has 3 amide bonds. The summed E-state index contributed by atoms with van der Waals surface area (Å²) in [5.74, 6) is -3.48. The molecule has 3 aromatic rings. The van der Waals surface area contributed by atoms with E-state index >= 15 is 0 Å². The first kappa shape index (κ1) is 32.0. The van der Waals surface area contributed by atoms with Crippen molar-refractivity contribution in [1.82, 2.24) is 30.9 Å². The number of rotatable bonds is 16. The quantitative estimate of drug-likeness (QED) is 0.0397. The second-order valence-corrected chi connectivity index (χ2v) is 9.97. The van der Waals surface area contributed by atoms with E-state index in [0.29, 0.717) is 17.7 Å². The predicted molar refractivity (Wildman–Crippen MR) is 159 cm³/mol. The number of amides is 3. The number of para-hydroxylation sites is 1. The molecule has 2 aromatic heterocycles. The summed E-state index contributed by atoms with van der Waals surface area (Å²) in [7, 11) is 0. The van der Waals surface area contributed by atoms with Gasteiger partial charge in [-0.15, -0.1) is 0 Å². The summed E-state index contributed by atoms with van der Waals surface area (Å²) in [6.45, 7) is 0.175. The second kappa shape index (κ2) is 15.4. The number of thiol groups is 1. The highest BCUT2D eigenvalue weighted by molar-refractivity contribution is 7.80. The van der Waals surface area contributed by atoms with Gasteiger partial charge < -0.3 is 48.2 Å². The molecule has 0 aliphatic rings. The lowest BCUT2D eigenvalue weighted by Gasteiger charge is -2.24. The summed E-state index contributed by atoms with van der Waals surface area (Å²) in [4.78, 5) is 64.9. The van der Waals surface area contributed by atoms with Crippen molar-refractivity contribution in [2.45, 2.75) is 49.9 Å². The van der Waals surface area contributed by atoms with Crippen molar-refractivity contribution in [3.8, 4) is 0 Å². The number of guanidine groups is 1. The number of imidazole rings is 1. The fourth-order valence-electron chi connectivity index (χ4n) is 4.24. The first-order chi connectivity index (χ1) is 20.1. The van der Waals surface area contributed by atoms with Gasteiger partial charge in [0.1, 0.15) is 18.1 Å². The number of aromatic nitrogens is 3. The molecule has 4 unspecified atom stereocenters. The monoisotopic (exact) mass is 600 g/mol. The van der Waals surface area contributed by atoms with Crippen LogP contribution in [0.3, 0.4) is 0 Å². The second-order valence-electron chi connectivity index (χ2n) is 9.60. The van der Waals surface area contributed by atoms with Gasteiger partial charge in [0.2, 0.25) is 17.7 Å². The minimum Gasteiger partial charge on any atom is -0.480 e. The maximum Gasteiger partial charge on any atom is 0.326 e. The van der Waals surface area contributed by atoms with Gasteiger partial charge >= 0.3 is 5.97 Å². The Kier molecular flexibility index (Phi) is 11.7. The molecule has 1 aromatic carbocycles. The summed E-state index contributed by atoms with van der Waals surface area (Å²) in [5.41, 5.74) is 18.9. The van der Waals surface area contributed by atoms with Crippen molar-refractivity contribution in [1.29, 1.82) is 0 Å². The van der Waals surface area contributed by atoms with Crippen molar-refractivity contribution in [3.63, 3.8) is 0 Å². The first-order valence-electron chi connectivity index (χ1n) is 13.2. The van der Waals surface area contributed by atoms with Gasteiger partial charge in [0.25, 0.3) is 0 Å². The van der Waals surface area contributed by atoms with Gasteiger partial charge in [0.15, 0.2) is 5.96 Å². The smallest absolute Gasteiger partial charge is 0.326 e. The number of hydrogen-bond acceptors (Lipinski definition) is 8. The normalized spacial score (nSPS) is 13.9. The molecule has 0 radical (unpaired) electrons. The largest absolute Gasteiger partial charge is 0.480 e. The lowest BCUT2D eigenvalue weighted by Crippen LogP contribution is -2.58. The van der Waals surface area contributed by atoms with Crippen LogP contribution in [0.5, 0.6) is 0 Å². The van der Waals surface area contributed by atoms with Crippen molar-refractivity contribution in [2.24, 2.45) is 22.2 Å². The Hall–Kier alpha value is -4.57. The highest BCUT2D eigenvalue weighted by Gasteiger charge is 2.30. The molecule has 3 rings (SSSR count). The van der Waals surface area contributed by atoms with Gasteiger partial charge in [-0.25, -0.2) is 9.78 Å². The van der Waals surface area contributed by atoms with Gasteiger partial charge in [0.05, 0.1) is 12.4 Å². The molecule has 0 saturated heterocycles. The number of nitrogens with one attached hydrogen (secondary N) is 5. The number of carbonyl (C=O) groups is 4. The average molecular weight is 601 g/mol. The van der Waals surface area contributed by atoms with E-state index in [9.17, 15) is 24.3 Å². The number of carboxylic acids is 1. The summed E-state index contributed by atoms with van der Waals surface area (Å²) >= 11 is 4.17. The van der Waals surface area contributed by atoms with Gasteiger partial charge in [-0.1, -0.05) is 18.2 Å². The van der Waals surface area contributed by atoms with Crippen LogP contribution in [-0.4, -0.2) is 86.2 Å². The molecule has 0 saturated carbocycles. The molecule has 0 fully saturated rings. The zero-order valence-corrected chi connectivity index (χ0v) is 23.6. The zero-order valence-electron chi connectivity index (χ0n) is 22.7. The van der Waals surface area contributed by atoms with Crippen LogP contribution in [0.1, 0.15) is 24.1 Å². The molecule has 226 valence electrons. The van der Waals surface area contributed by atoms with Gasteiger partial charge in [-0.3, -0.25) is 19.4 Å². The summed E-state index contributed by atoms with van der Waals surface area (Å²) in [5, 5.41) is 18.4. The molecular formula is C26H36N10O5S. The van der Waals surface area contributed by atoms with Crippen LogP contribution in [-0.2, 0) is 32.0 Å². The fourth-order valence-corrected chi connectivity index (χ4v) is 4.49. The molecular weight excluding hydrogens is 564 g/mol. The molecule has 4 atom stereocenters. The van der Waals surface area contributed by atoms with Crippen LogP contribution in [0.4, 0.5) is 0 Å². The van der Waals surface area contributed by atoms with Crippen molar-refractivity contribution < 1.29 is 24.3 Å². The summed E-state index contributed by atoms with van der Waals surface area (Å²) in [6.07, 6.45) is 5.23. The van der Waals surface area contributed by atoms with Crippen molar-refractivity contribution in [3.05, 3.63) is 54.2 Å². The SMILES string of the molecule is NC(N)=NCCCC(NC(=O)C(CS)NC(=O)C(N)Cc1cnc[nH]1)C(=O)NC(Cc1c[nH]c2ccccc12)C(=O)O. The van der Waals surface area contributed by atoms with Crippen LogP contribution in [0.15, 0.2) is 48.0 Å². The molecule has 15 nitrogen and oxygen atoms in total. The van der Waals surface area contributed by atoms with Gasteiger partial charge in [0, 0.05) is 54.1 Å². The van der Waals surface area contributed by atoms with E-state index in [4.69, 9.17) is 17.2 Å². The third kappa shape index (κ3) is 9.24. The fraction of sp³-hybridized carbons (Fsp3) is 0.385. The van der Waals surface area contributed by atoms with Crippen LogP contribution in [0.2, 0.25) is 0 Å². The predicted octanol–water partition coefficient (Wildman–Crippen LogP) is -1.47. The topological polar surface area (TPSA) is 259 Å². The highest BCUT2D eigenvalue weighted by atomic mass is 32.1. The lowest BCUT2D eigenvalue weighted by atomic mass is 10.0. The Morgan fingerprint density at radius 3 is 2.33 bits per heavy atom. The number of carboxylic acid groups (broad SMARTS) is 1. The molecule has 12 N–H and O–H groups in total. The third-order valence-electron chi connectivity index (χ3n) is 6.44. The molecule has 0 aliphatic carbocycles. The van der Waals surface area contributed by atoms with Crippen molar-refractivity contribution in [2.75, 3.05) is 12.3 Å². The van der Waals surface area contributed by atoms with Crippen LogP contribution >= 0.6 is 12.6 Å². The lowest BCUT2D eigenvalue weighted by molar-refractivity contribution is -0.142. The number of H-pyrrole nitrogens is 2. The Labute approximate surface area is 246 Å². The van der Waals surface area contributed by atoms with E-state index in [0.717, 1.165) is 10.9 Å². The molecule has 0 aliphatic heterocycles. The van der Waals surface area contributed by atoms with E-state index in [1.807, 2.05) is 24.3 Å². The van der Waals surface area contributed by atoms with E-state index in [2.05, 4.69) is 48.5 Å². The number of aromatic amines is 2. The number of nitrogens with two attached hydrogens (primary N) is 3. The summed E-state index contributed by atoms with van der Waals surface area (Å²) in [6, 6.07) is 2.85. The van der Waals surface area contributed by atoms with E-state index in [1.165, 1.54) is 12.5 Å². The number of fused-ring (bicyclic) bond motifs is 1. The van der Waals surface area contributed by atoms with E-state index in [1.54, 1.807) is 6.20 Å². The number of carbonyl (C=O) groups excluding carboxylic acids is 3. The van der Waals surface area contributed by atoms with Crippen molar-refractivity contribution >= 4 is 53.2 Å². The van der Waals surface area contributed by atoms with E-state index < -0.39 is 47.9 Å². The molecule has 0 bridgehead atoms. The molecule has 0 spiro atoms. The Bertz CT molecular complexity index is 1390. The van der Waals surface area contributed by atoms with E-state index in [-0.39, 0.29) is 37.5 Å². The third-order valence-corrected chi connectivity index (χ3v) is 6.80. The van der Waals surface area contributed by atoms with Crippen LogP contribution < -0.4 is 33.2 Å². The minimum atomic E-state index is -1.28. The number of hydrogen-bond donors (Lipinski definition) is 10. The van der Waals surface area contributed by atoms with Crippen LogP contribution in [0.25, 0.3) is 10.9 Å². The number of aliphatic imine (C=N–C) groups is 1. The number of nitrogens with zero attached hydrogens (tertiary/aromatic N) is 2. The van der Waals surface area contributed by atoms with Gasteiger partial charge in [-0.2, -0.15) is 12.6 Å². The first-order valence-corrected chi connectivity index (χ1v) is 13.8.